The lowest BCUT2D eigenvalue weighted by Crippen LogP contribution is -1.78. The third-order valence-electron chi connectivity index (χ3n) is 4.24. The zero-order valence-corrected chi connectivity index (χ0v) is 18.3. The predicted octanol–water partition coefficient (Wildman–Crippen LogP) is 7.70. The largest absolute Gasteiger partial charge is 0.469 e. The van der Waals surface area contributed by atoms with Crippen LogP contribution in [0.25, 0.3) is 0 Å². The van der Waals surface area contributed by atoms with Crippen LogP contribution in [0.4, 0.5) is 0 Å². The van der Waals surface area contributed by atoms with E-state index in [0.717, 1.165) is 31.4 Å². The van der Waals surface area contributed by atoms with E-state index in [1.54, 1.807) is 6.26 Å². The van der Waals surface area contributed by atoms with Crippen LogP contribution in [0.5, 0.6) is 0 Å². The molecule has 2 heteroatoms. The molecule has 0 aliphatic carbocycles. The van der Waals surface area contributed by atoms with Crippen molar-refractivity contribution in [2.75, 3.05) is 0 Å². The molecule has 154 valence electrons. The third kappa shape index (κ3) is 12.2. The molecule has 0 bridgehead atoms. The van der Waals surface area contributed by atoms with Crippen LogP contribution in [0.1, 0.15) is 51.0 Å². The van der Waals surface area contributed by atoms with Crippen LogP contribution in [0.2, 0.25) is 0 Å². The summed E-state index contributed by atoms with van der Waals surface area (Å²) in [6, 6.07) is 24.8. The summed E-state index contributed by atoms with van der Waals surface area (Å²) in [5, 5.41) is 0. The molecule has 0 fully saturated rings. The van der Waals surface area contributed by atoms with E-state index < -0.39 is 0 Å². The van der Waals surface area contributed by atoms with E-state index in [9.17, 15) is 0 Å². The Balaban J connectivity index is 0.000000194. The number of furan rings is 1. The molecule has 1 aliphatic rings. The van der Waals surface area contributed by atoms with Gasteiger partial charge in [0.25, 0.3) is 0 Å². The zero-order valence-electron chi connectivity index (χ0n) is 18.3. The first-order valence-corrected chi connectivity index (χ1v) is 10.5. The van der Waals surface area contributed by atoms with Crippen LogP contribution < -0.4 is 0 Å². The SMILES string of the molecule is CC1=NC=CC1.CCc1ccccc1.CCc1ccccc1.CCc1ccco1. The Kier molecular flexibility index (Phi) is 13.4. The van der Waals surface area contributed by atoms with Crippen LogP contribution in [-0.2, 0) is 19.3 Å². The molecule has 0 unspecified atom stereocenters. The second kappa shape index (κ2) is 16.1. The lowest BCUT2D eigenvalue weighted by atomic mass is 10.2. The minimum absolute atomic E-state index is 0.993. The summed E-state index contributed by atoms with van der Waals surface area (Å²) in [5.74, 6) is 1.06. The van der Waals surface area contributed by atoms with Crippen LogP contribution in [0, 0.1) is 0 Å². The van der Waals surface area contributed by atoms with Gasteiger partial charge in [-0.25, -0.2) is 0 Å². The van der Waals surface area contributed by atoms with E-state index in [0.29, 0.717) is 0 Å². The molecule has 1 aliphatic heterocycles. The standard InChI is InChI=1S/2C8H10.C6H8O.C5H7N/c2*1-2-8-6-4-3-5-7-8;1-2-6-4-3-5-7-6;1-5-3-2-4-6-5/h2*3-7H,2H2,1H3;3-5H,2H2,1H3;2,4H,3H2,1H3. The van der Waals surface area contributed by atoms with E-state index in [-0.39, 0.29) is 0 Å². The number of aryl methyl sites for hydroxylation is 3. The van der Waals surface area contributed by atoms with Gasteiger partial charge in [-0.05, 0) is 43.0 Å². The van der Waals surface area contributed by atoms with Crippen LogP contribution in [-0.4, -0.2) is 5.71 Å². The maximum atomic E-state index is 4.98. The molecule has 0 saturated carbocycles. The molecule has 1 aromatic heterocycles. The van der Waals surface area contributed by atoms with Gasteiger partial charge in [0, 0.05) is 24.8 Å². The summed E-state index contributed by atoms with van der Waals surface area (Å²) >= 11 is 0. The molecule has 2 heterocycles. The molecule has 2 nitrogen and oxygen atoms in total. The van der Waals surface area contributed by atoms with Crippen molar-refractivity contribution < 1.29 is 4.42 Å². The smallest absolute Gasteiger partial charge is 0.103 e. The maximum absolute atomic E-state index is 4.98. The van der Waals surface area contributed by atoms with Gasteiger partial charge in [-0.15, -0.1) is 0 Å². The zero-order chi connectivity index (χ0) is 21.2. The normalized spacial score (nSPS) is 11.1. The Labute approximate surface area is 177 Å². The molecule has 3 aromatic rings. The topological polar surface area (TPSA) is 25.5 Å². The molecule has 4 rings (SSSR count). The number of hydrogen-bond donors (Lipinski definition) is 0. The molecule has 0 amide bonds. The molecule has 2 aromatic carbocycles. The fraction of sp³-hybridized carbons (Fsp3) is 0.296. The van der Waals surface area contributed by atoms with Crippen LogP contribution in [0.3, 0.4) is 0 Å². The first-order valence-electron chi connectivity index (χ1n) is 10.5. The Morgan fingerprint density at radius 2 is 1.28 bits per heavy atom. The number of aliphatic imine (C=N–C) groups is 1. The van der Waals surface area contributed by atoms with Crippen molar-refractivity contribution in [2.24, 2.45) is 4.99 Å². The maximum Gasteiger partial charge on any atom is 0.103 e. The van der Waals surface area contributed by atoms with E-state index in [2.05, 4.69) is 80.4 Å². The highest BCUT2D eigenvalue weighted by molar-refractivity contribution is 5.85. The first kappa shape index (κ1) is 24.2. The Bertz CT molecular complexity index is 748. The van der Waals surface area contributed by atoms with Gasteiger partial charge in [-0.2, -0.15) is 0 Å². The van der Waals surface area contributed by atoms with Crippen molar-refractivity contribution in [1.82, 2.24) is 0 Å². The van der Waals surface area contributed by atoms with Crippen molar-refractivity contribution in [2.45, 2.75) is 53.4 Å². The van der Waals surface area contributed by atoms with E-state index in [4.69, 9.17) is 4.42 Å². The molecule has 0 atom stereocenters. The van der Waals surface area contributed by atoms with Gasteiger partial charge >= 0.3 is 0 Å². The number of benzene rings is 2. The number of hydrogen-bond acceptors (Lipinski definition) is 2. The second-order valence-corrected chi connectivity index (χ2v) is 6.56. The lowest BCUT2D eigenvalue weighted by molar-refractivity contribution is 0.516. The van der Waals surface area contributed by atoms with E-state index >= 15 is 0 Å². The van der Waals surface area contributed by atoms with Gasteiger partial charge in [0.15, 0.2) is 0 Å². The predicted molar refractivity (Wildman–Crippen MR) is 127 cm³/mol. The molecule has 29 heavy (non-hydrogen) atoms. The van der Waals surface area contributed by atoms with Crippen LogP contribution >= 0.6 is 0 Å². The summed E-state index contributed by atoms with van der Waals surface area (Å²) in [7, 11) is 0. The van der Waals surface area contributed by atoms with Gasteiger partial charge in [-0.1, -0.05) is 87.5 Å². The average molecular weight is 390 g/mol. The summed E-state index contributed by atoms with van der Waals surface area (Å²) in [5.41, 5.74) is 4.04. The van der Waals surface area contributed by atoms with Gasteiger partial charge in [0.1, 0.15) is 5.76 Å². The summed E-state index contributed by atoms with van der Waals surface area (Å²) < 4.78 is 4.98. The highest BCUT2D eigenvalue weighted by atomic mass is 16.3. The van der Waals surface area contributed by atoms with Gasteiger partial charge in [0.2, 0.25) is 0 Å². The highest BCUT2D eigenvalue weighted by Gasteiger charge is 1.88. The number of allylic oxidation sites excluding steroid dienone is 1. The van der Waals surface area contributed by atoms with Gasteiger partial charge in [0.05, 0.1) is 6.26 Å². The molecule has 0 saturated heterocycles. The average Bonchev–Trinajstić information content (AvgIpc) is 3.50. The Hall–Kier alpha value is -2.87. The van der Waals surface area contributed by atoms with Crippen molar-refractivity contribution in [3.05, 3.63) is 108 Å². The fourth-order valence-corrected chi connectivity index (χ4v) is 2.40. The number of rotatable bonds is 3. The van der Waals surface area contributed by atoms with Gasteiger partial charge < -0.3 is 4.42 Å². The Morgan fingerprint density at radius 3 is 1.48 bits per heavy atom. The van der Waals surface area contributed by atoms with Crippen LogP contribution in [0.15, 0.2) is 101 Å². The summed E-state index contributed by atoms with van der Waals surface area (Å²) in [4.78, 5) is 3.97. The molecular formula is C27H35NO. The molecule has 0 radical (unpaired) electrons. The monoisotopic (exact) mass is 389 g/mol. The molecule has 0 N–H and O–H groups in total. The third-order valence-corrected chi connectivity index (χ3v) is 4.24. The Morgan fingerprint density at radius 1 is 0.724 bits per heavy atom. The highest BCUT2D eigenvalue weighted by Crippen LogP contribution is 1.99. The minimum atomic E-state index is 0.993. The molecular weight excluding hydrogens is 354 g/mol. The van der Waals surface area contributed by atoms with Crippen molar-refractivity contribution in [1.29, 1.82) is 0 Å². The summed E-state index contributed by atoms with van der Waals surface area (Å²) in [6.07, 6.45) is 9.91. The second-order valence-electron chi connectivity index (χ2n) is 6.56. The lowest BCUT2D eigenvalue weighted by Gasteiger charge is -1.89. The molecule has 0 spiro atoms. The fourth-order valence-electron chi connectivity index (χ4n) is 2.40. The van der Waals surface area contributed by atoms with Crippen molar-refractivity contribution in [3.8, 4) is 0 Å². The van der Waals surface area contributed by atoms with Gasteiger partial charge in [-0.3, -0.25) is 4.99 Å². The summed E-state index contributed by atoms with van der Waals surface area (Å²) in [6.45, 7) is 8.42. The van der Waals surface area contributed by atoms with E-state index in [1.165, 1.54) is 16.8 Å². The first-order chi connectivity index (χ1) is 14.2. The van der Waals surface area contributed by atoms with Crippen molar-refractivity contribution in [3.63, 3.8) is 0 Å². The quantitative estimate of drug-likeness (QED) is 0.450. The number of nitrogens with zero attached hydrogens (tertiary/aromatic N) is 1. The van der Waals surface area contributed by atoms with E-state index in [1.807, 2.05) is 37.4 Å². The minimum Gasteiger partial charge on any atom is -0.469 e. The van der Waals surface area contributed by atoms with Crippen molar-refractivity contribution >= 4 is 5.71 Å².